The first kappa shape index (κ1) is 16.8. The molecule has 0 aromatic heterocycles. The van der Waals surface area contributed by atoms with Gasteiger partial charge in [0, 0.05) is 36.3 Å². The van der Waals surface area contributed by atoms with Gasteiger partial charge in [-0.05, 0) is 43.9 Å². The van der Waals surface area contributed by atoms with Gasteiger partial charge in [-0.15, -0.1) is 12.4 Å². The number of fused-ring (bicyclic) bond motifs is 2. The van der Waals surface area contributed by atoms with E-state index in [0.29, 0.717) is 23.2 Å². The molecule has 1 aromatic rings. The van der Waals surface area contributed by atoms with Gasteiger partial charge in [0.1, 0.15) is 0 Å². The SMILES string of the molecule is CNC(=O)c1cccc(C(=O)NC2CC3CCC(C2)N3)c1.Cl. The summed E-state index contributed by atoms with van der Waals surface area (Å²) in [4.78, 5) is 24.0. The van der Waals surface area contributed by atoms with Crippen LogP contribution in [0.1, 0.15) is 46.4 Å². The Morgan fingerprint density at radius 1 is 1.09 bits per heavy atom. The molecule has 2 bridgehead atoms. The second kappa shape index (κ2) is 7.11. The zero-order valence-electron chi connectivity index (χ0n) is 12.6. The molecular weight excluding hydrogens is 302 g/mol. The van der Waals surface area contributed by atoms with E-state index in [9.17, 15) is 9.59 Å². The van der Waals surface area contributed by atoms with Gasteiger partial charge in [0.25, 0.3) is 11.8 Å². The standard InChI is InChI=1S/C16H21N3O2.ClH/c1-17-15(20)10-3-2-4-11(7-10)16(21)19-14-8-12-5-6-13(9-14)18-12;/h2-4,7,12-14,18H,5-6,8-9H2,1H3,(H,17,20)(H,19,21);1H. The fourth-order valence-corrected chi connectivity index (χ4v) is 3.39. The number of piperidine rings is 1. The Kier molecular flexibility index (Phi) is 5.42. The van der Waals surface area contributed by atoms with Crippen molar-refractivity contribution in [3.63, 3.8) is 0 Å². The van der Waals surface area contributed by atoms with Gasteiger partial charge < -0.3 is 16.0 Å². The lowest BCUT2D eigenvalue weighted by atomic mass is 9.99. The van der Waals surface area contributed by atoms with Gasteiger partial charge in [-0.2, -0.15) is 0 Å². The van der Waals surface area contributed by atoms with E-state index >= 15 is 0 Å². The third-order valence-electron chi connectivity index (χ3n) is 4.42. The van der Waals surface area contributed by atoms with E-state index in [-0.39, 0.29) is 30.3 Å². The lowest BCUT2D eigenvalue weighted by molar-refractivity contribution is 0.0924. The maximum atomic E-state index is 12.3. The van der Waals surface area contributed by atoms with Crippen LogP contribution in [0.4, 0.5) is 0 Å². The summed E-state index contributed by atoms with van der Waals surface area (Å²) in [5.41, 5.74) is 1.05. The van der Waals surface area contributed by atoms with Crippen molar-refractivity contribution in [2.24, 2.45) is 0 Å². The van der Waals surface area contributed by atoms with Crippen LogP contribution in [-0.4, -0.2) is 37.0 Å². The molecule has 0 spiro atoms. The highest BCUT2D eigenvalue weighted by molar-refractivity contribution is 5.99. The summed E-state index contributed by atoms with van der Waals surface area (Å²) in [5.74, 6) is -0.267. The molecule has 120 valence electrons. The summed E-state index contributed by atoms with van der Waals surface area (Å²) in [6.45, 7) is 0. The average Bonchev–Trinajstić information content (AvgIpc) is 2.85. The molecule has 5 nitrogen and oxygen atoms in total. The molecule has 2 unspecified atom stereocenters. The van der Waals surface area contributed by atoms with Crippen molar-refractivity contribution in [1.29, 1.82) is 0 Å². The highest BCUT2D eigenvalue weighted by atomic mass is 35.5. The number of amides is 2. The van der Waals surface area contributed by atoms with Crippen molar-refractivity contribution in [3.8, 4) is 0 Å². The van der Waals surface area contributed by atoms with E-state index in [1.807, 2.05) is 0 Å². The van der Waals surface area contributed by atoms with Gasteiger partial charge in [0.2, 0.25) is 0 Å². The molecule has 0 saturated carbocycles. The molecule has 0 aliphatic carbocycles. The van der Waals surface area contributed by atoms with Crippen molar-refractivity contribution < 1.29 is 9.59 Å². The van der Waals surface area contributed by atoms with Crippen LogP contribution in [0, 0.1) is 0 Å². The van der Waals surface area contributed by atoms with Crippen LogP contribution >= 0.6 is 12.4 Å². The van der Waals surface area contributed by atoms with Crippen LogP contribution < -0.4 is 16.0 Å². The van der Waals surface area contributed by atoms with E-state index < -0.39 is 0 Å². The Labute approximate surface area is 136 Å². The van der Waals surface area contributed by atoms with Gasteiger partial charge in [-0.3, -0.25) is 9.59 Å². The molecule has 2 saturated heterocycles. The molecule has 22 heavy (non-hydrogen) atoms. The molecule has 2 aliphatic rings. The van der Waals surface area contributed by atoms with Crippen LogP contribution in [0.25, 0.3) is 0 Å². The molecule has 2 amide bonds. The number of nitrogens with one attached hydrogen (secondary N) is 3. The number of rotatable bonds is 3. The van der Waals surface area contributed by atoms with Crippen molar-refractivity contribution in [3.05, 3.63) is 35.4 Å². The minimum atomic E-state index is -0.176. The number of benzene rings is 1. The van der Waals surface area contributed by atoms with Crippen LogP contribution in [0.2, 0.25) is 0 Å². The summed E-state index contributed by atoms with van der Waals surface area (Å²) >= 11 is 0. The predicted molar refractivity (Wildman–Crippen MR) is 87.5 cm³/mol. The van der Waals surface area contributed by atoms with E-state index in [0.717, 1.165) is 12.8 Å². The van der Waals surface area contributed by atoms with Crippen molar-refractivity contribution >= 4 is 24.2 Å². The fraction of sp³-hybridized carbons (Fsp3) is 0.500. The number of halogens is 1. The first-order valence-electron chi connectivity index (χ1n) is 7.55. The Morgan fingerprint density at radius 2 is 1.68 bits per heavy atom. The fourth-order valence-electron chi connectivity index (χ4n) is 3.39. The number of hydrogen-bond acceptors (Lipinski definition) is 3. The summed E-state index contributed by atoms with van der Waals surface area (Å²) in [5, 5.41) is 9.24. The molecule has 2 fully saturated rings. The van der Waals surface area contributed by atoms with Crippen LogP contribution in [0.5, 0.6) is 0 Å². The first-order chi connectivity index (χ1) is 10.2. The van der Waals surface area contributed by atoms with E-state index in [4.69, 9.17) is 0 Å². The number of hydrogen-bond donors (Lipinski definition) is 3. The molecule has 3 rings (SSSR count). The van der Waals surface area contributed by atoms with E-state index in [1.165, 1.54) is 12.8 Å². The zero-order valence-corrected chi connectivity index (χ0v) is 13.4. The monoisotopic (exact) mass is 323 g/mol. The molecular formula is C16H22ClN3O2. The molecule has 2 heterocycles. The largest absolute Gasteiger partial charge is 0.355 e. The maximum absolute atomic E-state index is 12.3. The molecule has 0 radical (unpaired) electrons. The Hall–Kier alpha value is -1.59. The number of carbonyl (C=O) groups is 2. The molecule has 2 atom stereocenters. The van der Waals surface area contributed by atoms with Crippen LogP contribution in [-0.2, 0) is 0 Å². The predicted octanol–water partition coefficient (Wildman–Crippen LogP) is 1.48. The molecule has 1 aromatic carbocycles. The van der Waals surface area contributed by atoms with Gasteiger partial charge in [0.05, 0.1) is 0 Å². The summed E-state index contributed by atoms with van der Waals surface area (Å²) in [7, 11) is 1.58. The lowest BCUT2D eigenvalue weighted by Gasteiger charge is -2.29. The van der Waals surface area contributed by atoms with Gasteiger partial charge in [-0.25, -0.2) is 0 Å². The highest BCUT2D eigenvalue weighted by Crippen LogP contribution is 2.26. The van der Waals surface area contributed by atoms with Crippen molar-refractivity contribution in [2.75, 3.05) is 7.05 Å². The summed E-state index contributed by atoms with van der Waals surface area (Å²) < 4.78 is 0. The second-order valence-corrected chi connectivity index (χ2v) is 5.94. The van der Waals surface area contributed by atoms with E-state index in [1.54, 1.807) is 31.3 Å². The highest BCUT2D eigenvalue weighted by Gasteiger charge is 2.34. The molecule has 3 N–H and O–H groups in total. The Bertz CT molecular complexity index is 552. The third-order valence-corrected chi connectivity index (χ3v) is 4.42. The Morgan fingerprint density at radius 3 is 2.27 bits per heavy atom. The molecule has 6 heteroatoms. The van der Waals surface area contributed by atoms with Gasteiger partial charge in [-0.1, -0.05) is 6.07 Å². The third kappa shape index (κ3) is 3.59. The maximum Gasteiger partial charge on any atom is 0.251 e. The van der Waals surface area contributed by atoms with Gasteiger partial charge in [0.15, 0.2) is 0 Å². The van der Waals surface area contributed by atoms with Crippen molar-refractivity contribution in [2.45, 2.75) is 43.8 Å². The summed E-state index contributed by atoms with van der Waals surface area (Å²) in [6.07, 6.45) is 4.42. The van der Waals surface area contributed by atoms with Gasteiger partial charge >= 0.3 is 0 Å². The summed E-state index contributed by atoms with van der Waals surface area (Å²) in [6, 6.07) is 8.17. The average molecular weight is 324 g/mol. The zero-order chi connectivity index (χ0) is 14.8. The lowest BCUT2D eigenvalue weighted by Crippen LogP contribution is -2.48. The Balaban J connectivity index is 0.00000176. The smallest absolute Gasteiger partial charge is 0.251 e. The molecule has 2 aliphatic heterocycles. The van der Waals surface area contributed by atoms with Crippen LogP contribution in [0.15, 0.2) is 24.3 Å². The van der Waals surface area contributed by atoms with Crippen LogP contribution in [0.3, 0.4) is 0 Å². The first-order valence-corrected chi connectivity index (χ1v) is 7.55. The second-order valence-electron chi connectivity index (χ2n) is 5.94. The van der Waals surface area contributed by atoms with Crippen molar-refractivity contribution in [1.82, 2.24) is 16.0 Å². The topological polar surface area (TPSA) is 70.2 Å². The van der Waals surface area contributed by atoms with E-state index in [2.05, 4.69) is 16.0 Å². The minimum Gasteiger partial charge on any atom is -0.355 e. The number of carbonyl (C=O) groups excluding carboxylic acids is 2. The minimum absolute atomic E-state index is 0. The normalized spacial score (nSPS) is 26.0. The quantitative estimate of drug-likeness (QED) is 0.789.